The Kier molecular flexibility index (Phi) is 6.61. The van der Waals surface area contributed by atoms with Crippen LogP contribution in [0.3, 0.4) is 0 Å². The molecule has 114 valence electrons. The Hall–Kier alpha value is -0.460. The second-order valence-corrected chi connectivity index (χ2v) is 7.77. The van der Waals surface area contributed by atoms with Crippen LogP contribution in [0.1, 0.15) is 32.3 Å². The molecule has 0 amide bonds. The molecule has 0 bridgehead atoms. The van der Waals surface area contributed by atoms with Gasteiger partial charge < -0.3 is 0 Å². The predicted octanol–water partition coefficient (Wildman–Crippen LogP) is 3.61. The van der Waals surface area contributed by atoms with Crippen LogP contribution in [0.15, 0.2) is 23.1 Å². The number of rotatable bonds is 7. The Labute approximate surface area is 129 Å². The van der Waals surface area contributed by atoms with E-state index in [-0.39, 0.29) is 9.72 Å². The standard InChI is InChI=1S/C14H21BrFNO2S/c1-4-11(5-2)13(15)9-17-20(18,19)14-7-6-12(16)8-10(14)3/h6-8,11,13,17H,4-5,9H2,1-3H3. The topological polar surface area (TPSA) is 46.2 Å². The average Bonchev–Trinajstić information content (AvgIpc) is 2.37. The van der Waals surface area contributed by atoms with Gasteiger partial charge in [0.2, 0.25) is 10.0 Å². The summed E-state index contributed by atoms with van der Waals surface area (Å²) in [6.07, 6.45) is 1.98. The molecule has 6 heteroatoms. The third-order valence-electron chi connectivity index (χ3n) is 3.46. The Morgan fingerprint density at radius 2 is 1.90 bits per heavy atom. The zero-order chi connectivity index (χ0) is 15.3. The van der Waals surface area contributed by atoms with Crippen LogP contribution in [0.5, 0.6) is 0 Å². The number of alkyl halides is 1. The highest BCUT2D eigenvalue weighted by Gasteiger charge is 2.21. The molecule has 1 aromatic carbocycles. The van der Waals surface area contributed by atoms with E-state index in [1.165, 1.54) is 12.1 Å². The first-order valence-corrected chi connectivity index (χ1v) is 9.11. The fourth-order valence-electron chi connectivity index (χ4n) is 2.15. The summed E-state index contributed by atoms with van der Waals surface area (Å²) in [5.74, 6) is -0.0103. The molecular weight excluding hydrogens is 345 g/mol. The van der Waals surface area contributed by atoms with Crippen molar-refractivity contribution < 1.29 is 12.8 Å². The number of aryl methyl sites for hydroxylation is 1. The molecule has 20 heavy (non-hydrogen) atoms. The van der Waals surface area contributed by atoms with E-state index in [4.69, 9.17) is 0 Å². The molecule has 0 saturated carbocycles. The first-order valence-electron chi connectivity index (χ1n) is 6.71. The average molecular weight is 366 g/mol. The summed E-state index contributed by atoms with van der Waals surface area (Å²) in [6, 6.07) is 3.68. The van der Waals surface area contributed by atoms with Gasteiger partial charge in [-0.25, -0.2) is 17.5 Å². The lowest BCUT2D eigenvalue weighted by molar-refractivity contribution is 0.471. The van der Waals surface area contributed by atoms with Crippen LogP contribution in [0, 0.1) is 18.7 Å². The SMILES string of the molecule is CCC(CC)C(Br)CNS(=O)(=O)c1ccc(F)cc1C. The second kappa shape index (κ2) is 7.52. The molecule has 1 aromatic rings. The number of hydrogen-bond donors (Lipinski definition) is 1. The van der Waals surface area contributed by atoms with Crippen molar-refractivity contribution in [1.82, 2.24) is 4.72 Å². The van der Waals surface area contributed by atoms with Crippen LogP contribution in [0.4, 0.5) is 4.39 Å². The number of benzene rings is 1. The Morgan fingerprint density at radius 3 is 2.40 bits per heavy atom. The van der Waals surface area contributed by atoms with E-state index in [1.54, 1.807) is 6.92 Å². The third kappa shape index (κ3) is 4.53. The lowest BCUT2D eigenvalue weighted by Crippen LogP contribution is -2.33. The first kappa shape index (κ1) is 17.6. The second-order valence-electron chi connectivity index (χ2n) is 4.85. The summed E-state index contributed by atoms with van der Waals surface area (Å²) in [5.41, 5.74) is 0.408. The highest BCUT2D eigenvalue weighted by Crippen LogP contribution is 2.21. The Bertz CT molecular complexity index is 544. The predicted molar refractivity (Wildman–Crippen MR) is 83.1 cm³/mol. The van der Waals surface area contributed by atoms with E-state index in [2.05, 4.69) is 34.5 Å². The first-order chi connectivity index (χ1) is 9.31. The monoisotopic (exact) mass is 365 g/mol. The third-order valence-corrected chi connectivity index (χ3v) is 6.11. The molecular formula is C14H21BrFNO2S. The van der Waals surface area contributed by atoms with E-state index in [1.807, 2.05) is 0 Å². The lowest BCUT2D eigenvalue weighted by atomic mass is 10.00. The van der Waals surface area contributed by atoms with Crippen molar-refractivity contribution in [2.45, 2.75) is 43.3 Å². The van der Waals surface area contributed by atoms with Crippen LogP contribution >= 0.6 is 15.9 Å². The van der Waals surface area contributed by atoms with Gasteiger partial charge in [0.15, 0.2) is 0 Å². The molecule has 1 unspecified atom stereocenters. The van der Waals surface area contributed by atoms with Gasteiger partial charge in [-0.15, -0.1) is 0 Å². The molecule has 1 N–H and O–H groups in total. The van der Waals surface area contributed by atoms with Crippen LogP contribution in [0.25, 0.3) is 0 Å². The summed E-state index contributed by atoms with van der Waals surface area (Å²) in [6.45, 7) is 6.08. The van der Waals surface area contributed by atoms with Gasteiger partial charge in [0.1, 0.15) is 5.82 Å². The zero-order valence-corrected chi connectivity index (χ0v) is 14.4. The molecule has 0 radical (unpaired) electrons. The summed E-state index contributed by atoms with van der Waals surface area (Å²) in [4.78, 5) is 0.219. The zero-order valence-electron chi connectivity index (χ0n) is 12.0. The molecule has 0 aliphatic carbocycles. The van der Waals surface area contributed by atoms with Crippen LogP contribution in [-0.2, 0) is 10.0 Å². The smallest absolute Gasteiger partial charge is 0.210 e. The maximum atomic E-state index is 13.0. The van der Waals surface area contributed by atoms with Crippen molar-refractivity contribution in [3.8, 4) is 0 Å². The fourth-order valence-corrected chi connectivity index (χ4v) is 4.56. The van der Waals surface area contributed by atoms with Gasteiger partial charge in [-0.2, -0.15) is 0 Å². The van der Waals surface area contributed by atoms with E-state index >= 15 is 0 Å². The highest BCUT2D eigenvalue weighted by atomic mass is 79.9. The van der Waals surface area contributed by atoms with Gasteiger partial charge in [-0.1, -0.05) is 42.6 Å². The van der Waals surface area contributed by atoms with Gasteiger partial charge >= 0.3 is 0 Å². The maximum Gasteiger partial charge on any atom is 0.240 e. The van der Waals surface area contributed by atoms with Crippen molar-refractivity contribution in [1.29, 1.82) is 0 Å². The van der Waals surface area contributed by atoms with Gasteiger partial charge in [0.25, 0.3) is 0 Å². The minimum atomic E-state index is -3.60. The van der Waals surface area contributed by atoms with Crippen molar-refractivity contribution in [2.24, 2.45) is 5.92 Å². The Morgan fingerprint density at radius 1 is 1.30 bits per heavy atom. The molecule has 0 fully saturated rings. The number of nitrogens with one attached hydrogen (secondary N) is 1. The van der Waals surface area contributed by atoms with E-state index < -0.39 is 15.8 Å². The van der Waals surface area contributed by atoms with Gasteiger partial charge in [-0.3, -0.25) is 0 Å². The molecule has 1 rings (SSSR count). The van der Waals surface area contributed by atoms with Crippen LogP contribution < -0.4 is 4.72 Å². The molecule has 0 aromatic heterocycles. The van der Waals surface area contributed by atoms with Crippen LogP contribution in [0.2, 0.25) is 0 Å². The van der Waals surface area contributed by atoms with E-state index in [0.29, 0.717) is 18.0 Å². The molecule has 1 atom stereocenters. The fraction of sp³-hybridized carbons (Fsp3) is 0.571. The molecule has 0 aliphatic heterocycles. The van der Waals surface area contributed by atoms with Crippen molar-refractivity contribution in [3.05, 3.63) is 29.6 Å². The highest BCUT2D eigenvalue weighted by molar-refractivity contribution is 9.09. The minimum absolute atomic E-state index is 0.0908. The number of hydrogen-bond acceptors (Lipinski definition) is 2. The molecule has 0 aliphatic rings. The summed E-state index contributed by atoms with van der Waals surface area (Å²) in [7, 11) is -3.60. The summed E-state index contributed by atoms with van der Waals surface area (Å²) >= 11 is 3.53. The van der Waals surface area contributed by atoms with Gasteiger partial charge in [-0.05, 0) is 36.6 Å². The van der Waals surface area contributed by atoms with E-state index in [9.17, 15) is 12.8 Å². The normalized spacial score (nSPS) is 13.7. The van der Waals surface area contributed by atoms with E-state index in [0.717, 1.165) is 18.9 Å². The molecule has 3 nitrogen and oxygen atoms in total. The minimum Gasteiger partial charge on any atom is -0.210 e. The molecule has 0 saturated heterocycles. The number of sulfonamides is 1. The largest absolute Gasteiger partial charge is 0.240 e. The van der Waals surface area contributed by atoms with Gasteiger partial charge in [0, 0.05) is 11.4 Å². The summed E-state index contributed by atoms with van der Waals surface area (Å²) in [5, 5.41) is 0. The Balaban J connectivity index is 2.80. The van der Waals surface area contributed by atoms with Crippen molar-refractivity contribution in [3.63, 3.8) is 0 Å². The molecule has 0 heterocycles. The maximum absolute atomic E-state index is 13.0. The van der Waals surface area contributed by atoms with Crippen molar-refractivity contribution >= 4 is 26.0 Å². The van der Waals surface area contributed by atoms with Crippen molar-refractivity contribution in [2.75, 3.05) is 6.54 Å². The number of halogens is 2. The summed E-state index contributed by atoms with van der Waals surface area (Å²) < 4.78 is 40.0. The quantitative estimate of drug-likeness (QED) is 0.750. The lowest BCUT2D eigenvalue weighted by Gasteiger charge is -2.20. The van der Waals surface area contributed by atoms with Gasteiger partial charge in [0.05, 0.1) is 4.90 Å². The van der Waals surface area contributed by atoms with Crippen LogP contribution in [-0.4, -0.2) is 19.8 Å². The molecule has 0 spiro atoms.